The lowest BCUT2D eigenvalue weighted by atomic mass is 10.2. The fourth-order valence-electron chi connectivity index (χ4n) is 1.55. The number of nitrogens with zero attached hydrogens (tertiary/aromatic N) is 1. The van der Waals surface area contributed by atoms with Crippen molar-refractivity contribution in [1.82, 2.24) is 10.3 Å². The molecule has 0 fully saturated rings. The van der Waals surface area contributed by atoms with Crippen LogP contribution in [0.15, 0.2) is 47.2 Å². The Morgan fingerprint density at radius 2 is 2.11 bits per heavy atom. The summed E-state index contributed by atoms with van der Waals surface area (Å²) < 4.78 is 6.76. The van der Waals surface area contributed by atoms with E-state index >= 15 is 0 Å². The summed E-state index contributed by atoms with van der Waals surface area (Å²) in [5.41, 5.74) is 1.12. The van der Waals surface area contributed by atoms with Gasteiger partial charge in [-0.1, -0.05) is 28.9 Å². The van der Waals surface area contributed by atoms with Gasteiger partial charge in [0.1, 0.15) is 11.5 Å². The predicted octanol–water partition coefficient (Wildman–Crippen LogP) is 3.75. The molecule has 1 aromatic heterocycles. The molecule has 0 aliphatic rings. The summed E-state index contributed by atoms with van der Waals surface area (Å²) in [6, 6.07) is 9.75. The number of halogens is 1. The summed E-state index contributed by atoms with van der Waals surface area (Å²) in [4.78, 5) is 4.18. The molecule has 2 aromatic rings. The van der Waals surface area contributed by atoms with E-state index in [1.807, 2.05) is 36.5 Å². The number of rotatable bonds is 5. The Labute approximate surface area is 115 Å². The molecule has 0 unspecified atom stereocenters. The first kappa shape index (κ1) is 13.1. The Kier molecular flexibility index (Phi) is 4.73. The summed E-state index contributed by atoms with van der Waals surface area (Å²) >= 11 is 3.42. The minimum absolute atomic E-state index is 0.753. The molecular weight excluding hydrogens is 292 g/mol. The van der Waals surface area contributed by atoms with Crippen LogP contribution in [0.4, 0.5) is 0 Å². The summed E-state index contributed by atoms with van der Waals surface area (Å²) in [6.07, 6.45) is 3.56. The molecule has 0 saturated heterocycles. The van der Waals surface area contributed by atoms with Crippen molar-refractivity contribution in [2.45, 2.75) is 13.5 Å². The molecule has 1 aromatic carbocycles. The number of pyridine rings is 1. The fourth-order valence-corrected chi connectivity index (χ4v) is 1.93. The van der Waals surface area contributed by atoms with E-state index in [-0.39, 0.29) is 0 Å². The first-order valence-electron chi connectivity index (χ1n) is 5.86. The van der Waals surface area contributed by atoms with Gasteiger partial charge in [-0.3, -0.25) is 4.98 Å². The van der Waals surface area contributed by atoms with Gasteiger partial charge < -0.3 is 10.1 Å². The van der Waals surface area contributed by atoms with E-state index in [2.05, 4.69) is 33.2 Å². The van der Waals surface area contributed by atoms with E-state index in [9.17, 15) is 0 Å². The number of hydrogen-bond acceptors (Lipinski definition) is 3. The Bertz CT molecular complexity index is 517. The summed E-state index contributed by atoms with van der Waals surface area (Å²) in [6.45, 7) is 3.82. The molecule has 0 spiro atoms. The number of aromatic nitrogens is 1. The highest BCUT2D eigenvalue weighted by atomic mass is 79.9. The molecule has 1 N–H and O–H groups in total. The average Bonchev–Trinajstić information content (AvgIpc) is 2.37. The molecular formula is C14H15BrN2O. The van der Waals surface area contributed by atoms with Gasteiger partial charge in [-0.25, -0.2) is 0 Å². The van der Waals surface area contributed by atoms with Crippen molar-refractivity contribution in [2.75, 3.05) is 6.54 Å². The zero-order chi connectivity index (χ0) is 12.8. The number of hydrogen-bond donors (Lipinski definition) is 1. The second-order valence-corrected chi connectivity index (χ2v) is 4.78. The van der Waals surface area contributed by atoms with Gasteiger partial charge in [-0.2, -0.15) is 0 Å². The lowest BCUT2D eigenvalue weighted by Gasteiger charge is -2.07. The van der Waals surface area contributed by atoms with Crippen molar-refractivity contribution < 1.29 is 4.74 Å². The molecule has 0 aliphatic heterocycles. The summed E-state index contributed by atoms with van der Waals surface area (Å²) in [7, 11) is 0. The molecule has 18 heavy (non-hydrogen) atoms. The zero-order valence-corrected chi connectivity index (χ0v) is 11.8. The third-order valence-electron chi connectivity index (χ3n) is 2.38. The average molecular weight is 307 g/mol. The van der Waals surface area contributed by atoms with Gasteiger partial charge in [0, 0.05) is 17.2 Å². The van der Waals surface area contributed by atoms with Crippen LogP contribution in [0, 0.1) is 0 Å². The normalized spacial score (nSPS) is 10.3. The molecule has 0 radical (unpaired) electrons. The maximum absolute atomic E-state index is 5.76. The Morgan fingerprint density at radius 3 is 2.89 bits per heavy atom. The van der Waals surface area contributed by atoms with Crippen molar-refractivity contribution in [3.8, 4) is 11.5 Å². The molecule has 0 amide bonds. The maximum Gasteiger partial charge on any atom is 0.146 e. The molecule has 1 heterocycles. The third kappa shape index (κ3) is 3.82. The second kappa shape index (κ2) is 6.52. The van der Waals surface area contributed by atoms with E-state index < -0.39 is 0 Å². The summed E-state index contributed by atoms with van der Waals surface area (Å²) in [5.74, 6) is 1.55. The van der Waals surface area contributed by atoms with Crippen LogP contribution < -0.4 is 10.1 Å². The first-order chi connectivity index (χ1) is 8.78. The van der Waals surface area contributed by atoms with Crippen molar-refractivity contribution in [2.24, 2.45) is 0 Å². The van der Waals surface area contributed by atoms with Crippen LogP contribution in [0.5, 0.6) is 11.5 Å². The predicted molar refractivity (Wildman–Crippen MR) is 75.8 cm³/mol. The van der Waals surface area contributed by atoms with Crippen molar-refractivity contribution in [3.05, 3.63) is 52.8 Å². The van der Waals surface area contributed by atoms with E-state index in [0.29, 0.717) is 0 Å². The van der Waals surface area contributed by atoms with E-state index in [1.54, 1.807) is 6.20 Å². The minimum atomic E-state index is 0.753. The summed E-state index contributed by atoms with van der Waals surface area (Å²) in [5, 5.41) is 3.26. The molecule has 0 saturated carbocycles. The fraction of sp³-hybridized carbons (Fsp3) is 0.214. The maximum atomic E-state index is 5.76. The highest BCUT2D eigenvalue weighted by Crippen LogP contribution is 2.24. The topological polar surface area (TPSA) is 34.2 Å². The number of ether oxygens (including phenoxy) is 1. The van der Waals surface area contributed by atoms with Crippen LogP contribution in [-0.2, 0) is 6.54 Å². The number of benzene rings is 1. The lowest BCUT2D eigenvalue weighted by Crippen LogP contribution is -2.11. The zero-order valence-electron chi connectivity index (χ0n) is 10.2. The van der Waals surface area contributed by atoms with Gasteiger partial charge in [0.15, 0.2) is 0 Å². The van der Waals surface area contributed by atoms with Gasteiger partial charge in [-0.05, 0) is 36.4 Å². The van der Waals surface area contributed by atoms with Crippen LogP contribution in [0.1, 0.15) is 12.5 Å². The monoisotopic (exact) mass is 306 g/mol. The molecule has 0 bridgehead atoms. The van der Waals surface area contributed by atoms with Gasteiger partial charge in [0.05, 0.1) is 6.20 Å². The van der Waals surface area contributed by atoms with Crippen LogP contribution in [0.25, 0.3) is 0 Å². The van der Waals surface area contributed by atoms with Gasteiger partial charge in [0.25, 0.3) is 0 Å². The third-order valence-corrected chi connectivity index (χ3v) is 2.87. The smallest absolute Gasteiger partial charge is 0.146 e. The minimum Gasteiger partial charge on any atom is -0.456 e. The second-order valence-electron chi connectivity index (χ2n) is 3.87. The molecule has 94 valence electrons. The molecule has 0 atom stereocenters. The highest BCUT2D eigenvalue weighted by molar-refractivity contribution is 9.10. The number of nitrogens with one attached hydrogen (secondary N) is 1. The Balaban J connectivity index is 2.09. The van der Waals surface area contributed by atoms with Crippen LogP contribution >= 0.6 is 15.9 Å². The van der Waals surface area contributed by atoms with Crippen LogP contribution in [0.2, 0.25) is 0 Å². The van der Waals surface area contributed by atoms with E-state index in [0.717, 1.165) is 34.6 Å². The molecule has 0 aliphatic carbocycles. The van der Waals surface area contributed by atoms with Gasteiger partial charge in [0.2, 0.25) is 0 Å². The van der Waals surface area contributed by atoms with Crippen molar-refractivity contribution in [1.29, 1.82) is 0 Å². The van der Waals surface area contributed by atoms with Gasteiger partial charge in [-0.15, -0.1) is 0 Å². The lowest BCUT2D eigenvalue weighted by molar-refractivity contribution is 0.478. The van der Waals surface area contributed by atoms with Crippen LogP contribution in [-0.4, -0.2) is 11.5 Å². The molecule has 3 nitrogen and oxygen atoms in total. The molecule has 4 heteroatoms. The van der Waals surface area contributed by atoms with Crippen molar-refractivity contribution in [3.63, 3.8) is 0 Å². The van der Waals surface area contributed by atoms with Crippen molar-refractivity contribution >= 4 is 15.9 Å². The standard InChI is InChI=1S/C14H15BrN2O/c1-2-16-8-11-6-14(10-17-9-11)18-13-5-3-4-12(15)7-13/h3-7,9-10,16H,2,8H2,1H3. The van der Waals surface area contributed by atoms with Gasteiger partial charge >= 0.3 is 0 Å². The van der Waals surface area contributed by atoms with Crippen LogP contribution in [0.3, 0.4) is 0 Å². The SMILES string of the molecule is CCNCc1cncc(Oc2cccc(Br)c2)c1. The Hall–Kier alpha value is -1.39. The highest BCUT2D eigenvalue weighted by Gasteiger charge is 2.00. The Morgan fingerprint density at radius 1 is 1.22 bits per heavy atom. The van der Waals surface area contributed by atoms with E-state index in [1.165, 1.54) is 0 Å². The first-order valence-corrected chi connectivity index (χ1v) is 6.65. The van der Waals surface area contributed by atoms with E-state index in [4.69, 9.17) is 4.74 Å². The quantitative estimate of drug-likeness (QED) is 0.913. The largest absolute Gasteiger partial charge is 0.456 e. The molecule has 2 rings (SSSR count).